The van der Waals surface area contributed by atoms with Crippen molar-refractivity contribution in [3.8, 4) is 0 Å². The first-order chi connectivity index (χ1) is 9.08. The molecule has 0 spiro atoms. The highest BCUT2D eigenvalue weighted by molar-refractivity contribution is 5.76. The van der Waals surface area contributed by atoms with Gasteiger partial charge in [-0.25, -0.2) is 0 Å². The zero-order chi connectivity index (χ0) is 14.1. The van der Waals surface area contributed by atoms with Crippen LogP contribution >= 0.6 is 0 Å². The number of amides is 1. The van der Waals surface area contributed by atoms with Gasteiger partial charge in [0, 0.05) is 32.0 Å². The first-order valence-electron chi connectivity index (χ1n) is 6.87. The van der Waals surface area contributed by atoms with Crippen LogP contribution in [0.3, 0.4) is 0 Å². The minimum absolute atomic E-state index is 0.0217. The Labute approximate surface area is 113 Å². The summed E-state index contributed by atoms with van der Waals surface area (Å²) >= 11 is 0. The highest BCUT2D eigenvalue weighted by atomic mass is 16.5. The van der Waals surface area contributed by atoms with Crippen LogP contribution in [0, 0.1) is 5.92 Å². The van der Waals surface area contributed by atoms with Crippen LogP contribution in [0.5, 0.6) is 0 Å². The van der Waals surface area contributed by atoms with Gasteiger partial charge in [0.25, 0.3) is 0 Å². The first kappa shape index (κ1) is 15.9. The molecule has 1 rings (SSSR count). The van der Waals surface area contributed by atoms with E-state index in [0.717, 1.165) is 13.0 Å². The summed E-state index contributed by atoms with van der Waals surface area (Å²) in [4.78, 5) is 22.1. The molecule has 6 nitrogen and oxygen atoms in total. The molecule has 0 aromatic rings. The summed E-state index contributed by atoms with van der Waals surface area (Å²) in [6.07, 6.45) is 2.10. The summed E-state index contributed by atoms with van der Waals surface area (Å²) in [5.41, 5.74) is 0. The molecule has 2 unspecified atom stereocenters. The van der Waals surface area contributed by atoms with Crippen LogP contribution in [0.2, 0.25) is 0 Å². The summed E-state index contributed by atoms with van der Waals surface area (Å²) in [7, 11) is 0. The maximum Gasteiger partial charge on any atom is 0.303 e. The van der Waals surface area contributed by atoms with E-state index in [9.17, 15) is 9.59 Å². The van der Waals surface area contributed by atoms with Gasteiger partial charge in [-0.3, -0.25) is 9.59 Å². The summed E-state index contributed by atoms with van der Waals surface area (Å²) in [6.45, 7) is 4.70. The van der Waals surface area contributed by atoms with Gasteiger partial charge in [0.15, 0.2) is 0 Å². The molecule has 110 valence electrons. The smallest absolute Gasteiger partial charge is 0.303 e. The molecule has 1 aliphatic heterocycles. The van der Waals surface area contributed by atoms with Gasteiger partial charge in [0.1, 0.15) is 0 Å². The molecule has 1 fully saturated rings. The van der Waals surface area contributed by atoms with E-state index in [4.69, 9.17) is 9.84 Å². The van der Waals surface area contributed by atoms with E-state index in [-0.39, 0.29) is 18.4 Å². The summed E-state index contributed by atoms with van der Waals surface area (Å²) in [5, 5.41) is 14.7. The number of carbonyl (C=O) groups is 2. The Kier molecular flexibility index (Phi) is 7.43. The Morgan fingerprint density at radius 2 is 2.26 bits per heavy atom. The molecule has 19 heavy (non-hydrogen) atoms. The largest absolute Gasteiger partial charge is 0.481 e. The molecule has 6 heteroatoms. The molecule has 0 aromatic heterocycles. The topological polar surface area (TPSA) is 87.7 Å². The van der Waals surface area contributed by atoms with E-state index in [1.165, 1.54) is 0 Å². The predicted octanol–water partition coefficient (Wildman–Crippen LogP) is 0.372. The Balaban J connectivity index is 2.04. The Bertz CT molecular complexity index is 290. The van der Waals surface area contributed by atoms with E-state index in [0.29, 0.717) is 38.5 Å². The van der Waals surface area contributed by atoms with E-state index in [1.807, 2.05) is 6.92 Å². The number of carboxylic acids is 1. The van der Waals surface area contributed by atoms with Crippen molar-refractivity contribution in [3.05, 3.63) is 0 Å². The standard InChI is InChI=1S/C13H24N2O4/c1-10(2-3-13(17)18)4-5-15-12(16)8-11-9-19-7-6-14-11/h10-11,14H,2-9H2,1H3,(H,15,16)(H,17,18). The maximum absolute atomic E-state index is 11.7. The van der Waals surface area contributed by atoms with Gasteiger partial charge in [0.05, 0.1) is 13.2 Å². The molecule has 2 atom stereocenters. The number of hydrogen-bond acceptors (Lipinski definition) is 4. The van der Waals surface area contributed by atoms with Crippen LogP contribution in [0.25, 0.3) is 0 Å². The number of rotatable bonds is 8. The third kappa shape index (κ3) is 7.79. The highest BCUT2D eigenvalue weighted by Gasteiger charge is 2.16. The monoisotopic (exact) mass is 272 g/mol. The molecular formula is C13H24N2O4. The zero-order valence-electron chi connectivity index (χ0n) is 11.5. The number of aliphatic carboxylic acids is 1. The van der Waals surface area contributed by atoms with Crippen LogP contribution in [0.4, 0.5) is 0 Å². The van der Waals surface area contributed by atoms with Crippen molar-refractivity contribution < 1.29 is 19.4 Å². The van der Waals surface area contributed by atoms with Gasteiger partial charge in [-0.1, -0.05) is 6.92 Å². The van der Waals surface area contributed by atoms with Gasteiger partial charge < -0.3 is 20.5 Å². The summed E-state index contributed by atoms with van der Waals surface area (Å²) < 4.78 is 5.28. The Hall–Kier alpha value is -1.14. The number of morpholine rings is 1. The molecule has 1 amide bonds. The normalized spacial score (nSPS) is 20.8. The number of hydrogen-bond donors (Lipinski definition) is 3. The van der Waals surface area contributed by atoms with E-state index in [1.54, 1.807) is 0 Å². The number of nitrogens with one attached hydrogen (secondary N) is 2. The van der Waals surface area contributed by atoms with Gasteiger partial charge >= 0.3 is 5.97 Å². The van der Waals surface area contributed by atoms with Gasteiger partial charge in [0.2, 0.25) is 5.91 Å². The molecule has 1 aliphatic rings. The molecule has 1 saturated heterocycles. The van der Waals surface area contributed by atoms with Crippen molar-refractivity contribution in [1.82, 2.24) is 10.6 Å². The fourth-order valence-electron chi connectivity index (χ4n) is 2.02. The van der Waals surface area contributed by atoms with Gasteiger partial charge in [-0.2, -0.15) is 0 Å². The van der Waals surface area contributed by atoms with Crippen LogP contribution < -0.4 is 10.6 Å². The summed E-state index contributed by atoms with van der Waals surface area (Å²) in [6, 6.07) is 0.109. The van der Waals surface area contributed by atoms with Crippen molar-refractivity contribution in [2.75, 3.05) is 26.3 Å². The molecule has 0 bridgehead atoms. The third-order valence-electron chi connectivity index (χ3n) is 3.24. The number of carbonyl (C=O) groups excluding carboxylic acids is 1. The molecule has 0 aromatic carbocycles. The average Bonchev–Trinajstić information content (AvgIpc) is 2.37. The number of ether oxygens (including phenoxy) is 1. The van der Waals surface area contributed by atoms with Crippen molar-refractivity contribution in [3.63, 3.8) is 0 Å². The maximum atomic E-state index is 11.7. The molecule has 3 N–H and O–H groups in total. The Morgan fingerprint density at radius 3 is 2.89 bits per heavy atom. The minimum atomic E-state index is -0.765. The van der Waals surface area contributed by atoms with E-state index in [2.05, 4.69) is 10.6 Å². The predicted molar refractivity (Wildman–Crippen MR) is 70.9 cm³/mol. The van der Waals surface area contributed by atoms with Gasteiger partial charge in [-0.15, -0.1) is 0 Å². The molecule has 0 aliphatic carbocycles. The highest BCUT2D eigenvalue weighted by Crippen LogP contribution is 2.09. The zero-order valence-corrected chi connectivity index (χ0v) is 11.5. The fourth-order valence-corrected chi connectivity index (χ4v) is 2.02. The lowest BCUT2D eigenvalue weighted by molar-refractivity contribution is -0.137. The SMILES string of the molecule is CC(CCNC(=O)CC1COCCN1)CCC(=O)O. The molecular weight excluding hydrogens is 248 g/mol. The van der Waals surface area contributed by atoms with Crippen LogP contribution in [-0.2, 0) is 14.3 Å². The van der Waals surface area contributed by atoms with Crippen LogP contribution in [0.15, 0.2) is 0 Å². The second-order valence-electron chi connectivity index (χ2n) is 5.11. The first-order valence-corrected chi connectivity index (χ1v) is 6.87. The van der Waals surface area contributed by atoms with Crippen LogP contribution in [-0.4, -0.2) is 49.3 Å². The van der Waals surface area contributed by atoms with Crippen molar-refractivity contribution in [1.29, 1.82) is 0 Å². The molecule has 1 heterocycles. The lowest BCUT2D eigenvalue weighted by atomic mass is 10.0. The third-order valence-corrected chi connectivity index (χ3v) is 3.24. The quantitative estimate of drug-likeness (QED) is 0.594. The van der Waals surface area contributed by atoms with Gasteiger partial charge in [-0.05, 0) is 18.8 Å². The van der Waals surface area contributed by atoms with Crippen molar-refractivity contribution >= 4 is 11.9 Å². The lowest BCUT2D eigenvalue weighted by Crippen LogP contribution is -2.44. The second kappa shape index (κ2) is 8.87. The lowest BCUT2D eigenvalue weighted by Gasteiger charge is -2.23. The van der Waals surface area contributed by atoms with Crippen molar-refractivity contribution in [2.24, 2.45) is 5.92 Å². The fraction of sp³-hybridized carbons (Fsp3) is 0.846. The molecule has 0 saturated carbocycles. The van der Waals surface area contributed by atoms with E-state index >= 15 is 0 Å². The molecule has 0 radical (unpaired) electrons. The van der Waals surface area contributed by atoms with E-state index < -0.39 is 5.97 Å². The van der Waals surface area contributed by atoms with Crippen molar-refractivity contribution in [2.45, 2.75) is 38.6 Å². The Morgan fingerprint density at radius 1 is 1.47 bits per heavy atom. The summed E-state index contributed by atoms with van der Waals surface area (Å²) in [5.74, 6) is -0.430. The second-order valence-corrected chi connectivity index (χ2v) is 5.11. The van der Waals surface area contributed by atoms with Crippen LogP contribution in [0.1, 0.15) is 32.6 Å². The average molecular weight is 272 g/mol. The minimum Gasteiger partial charge on any atom is -0.481 e. The number of carboxylic acid groups (broad SMARTS) is 1.